The van der Waals surface area contributed by atoms with E-state index < -0.39 is 10.0 Å². The average molecular weight is 465 g/mol. The van der Waals surface area contributed by atoms with E-state index in [2.05, 4.69) is 38.2 Å². The maximum Gasteiger partial charge on any atom is 0.251 e. The Morgan fingerprint density at radius 2 is 1.45 bits per heavy atom. The van der Waals surface area contributed by atoms with Crippen LogP contribution in [0.2, 0.25) is 0 Å². The molecular formula is C27H32N2O3S. The zero-order valence-corrected chi connectivity index (χ0v) is 20.5. The van der Waals surface area contributed by atoms with Crippen molar-refractivity contribution in [1.82, 2.24) is 5.32 Å². The monoisotopic (exact) mass is 464 g/mol. The summed E-state index contributed by atoms with van der Waals surface area (Å²) in [5.41, 5.74) is 4.31. The summed E-state index contributed by atoms with van der Waals surface area (Å²) in [7, 11) is -3.47. The first-order valence-electron chi connectivity index (χ1n) is 11.1. The van der Waals surface area contributed by atoms with Gasteiger partial charge >= 0.3 is 0 Å². The molecule has 1 N–H and O–H groups in total. The van der Waals surface area contributed by atoms with Gasteiger partial charge in [0, 0.05) is 12.1 Å². The number of hydrogen-bond donors (Lipinski definition) is 1. The maximum absolute atomic E-state index is 12.6. The number of nitrogens with zero attached hydrogens (tertiary/aromatic N) is 1. The molecule has 0 radical (unpaired) electrons. The fraction of sp³-hybridized carbons (Fsp3) is 0.296. The van der Waals surface area contributed by atoms with Crippen LogP contribution in [0.15, 0.2) is 78.9 Å². The van der Waals surface area contributed by atoms with Gasteiger partial charge in [0.15, 0.2) is 0 Å². The number of amides is 1. The first-order valence-corrected chi connectivity index (χ1v) is 13.0. The van der Waals surface area contributed by atoms with Gasteiger partial charge < -0.3 is 5.32 Å². The van der Waals surface area contributed by atoms with Crippen molar-refractivity contribution in [3.8, 4) is 0 Å². The van der Waals surface area contributed by atoms with Crippen molar-refractivity contribution >= 4 is 21.6 Å². The number of carbonyl (C=O) groups is 1. The number of carbonyl (C=O) groups excluding carboxylic acids is 1. The molecule has 0 fully saturated rings. The zero-order chi connectivity index (χ0) is 24.0. The summed E-state index contributed by atoms with van der Waals surface area (Å²) < 4.78 is 26.3. The largest absolute Gasteiger partial charge is 0.351 e. The molecule has 3 aromatic carbocycles. The number of rotatable bonds is 9. The van der Waals surface area contributed by atoms with E-state index in [-0.39, 0.29) is 18.4 Å². The van der Waals surface area contributed by atoms with Gasteiger partial charge in [-0.05, 0) is 52.8 Å². The third-order valence-electron chi connectivity index (χ3n) is 5.73. The van der Waals surface area contributed by atoms with Crippen LogP contribution in [0, 0.1) is 0 Å². The van der Waals surface area contributed by atoms with Crippen molar-refractivity contribution in [2.45, 2.75) is 39.2 Å². The molecule has 174 valence electrons. The van der Waals surface area contributed by atoms with Gasteiger partial charge in [-0.2, -0.15) is 0 Å². The molecule has 33 heavy (non-hydrogen) atoms. The fourth-order valence-electron chi connectivity index (χ4n) is 3.60. The summed E-state index contributed by atoms with van der Waals surface area (Å²) in [6.07, 6.45) is 1.21. The van der Waals surface area contributed by atoms with E-state index in [1.165, 1.54) is 16.1 Å². The van der Waals surface area contributed by atoms with E-state index in [0.717, 1.165) is 11.1 Å². The second-order valence-corrected chi connectivity index (χ2v) is 10.6. The molecule has 5 nitrogen and oxygen atoms in total. The lowest BCUT2D eigenvalue weighted by atomic mass is 10.0. The first-order chi connectivity index (χ1) is 15.6. The van der Waals surface area contributed by atoms with Crippen molar-refractivity contribution in [2.75, 3.05) is 17.1 Å². The van der Waals surface area contributed by atoms with Crippen molar-refractivity contribution in [3.05, 3.63) is 101 Å². The Kier molecular flexibility index (Phi) is 7.92. The van der Waals surface area contributed by atoms with Gasteiger partial charge in [0.2, 0.25) is 10.0 Å². The predicted molar refractivity (Wildman–Crippen MR) is 135 cm³/mol. The Labute approximate surface area is 197 Å². The summed E-state index contributed by atoms with van der Waals surface area (Å²) in [6, 6.07) is 24.7. The molecule has 0 unspecified atom stereocenters. The summed E-state index contributed by atoms with van der Waals surface area (Å²) >= 11 is 0. The Hall–Kier alpha value is -3.12. The Balaban J connectivity index is 1.66. The smallest absolute Gasteiger partial charge is 0.251 e. The summed E-state index contributed by atoms with van der Waals surface area (Å²) in [5, 5.41) is 2.98. The van der Waals surface area contributed by atoms with Gasteiger partial charge in [-0.3, -0.25) is 9.10 Å². The number of sulfonamides is 1. The molecule has 3 aromatic rings. The summed E-state index contributed by atoms with van der Waals surface area (Å²) in [5.74, 6) is 0.438. The van der Waals surface area contributed by atoms with Crippen molar-refractivity contribution in [3.63, 3.8) is 0 Å². The van der Waals surface area contributed by atoms with E-state index >= 15 is 0 Å². The number of hydrogen-bond acceptors (Lipinski definition) is 3. The average Bonchev–Trinajstić information content (AvgIpc) is 2.81. The minimum absolute atomic E-state index is 0.145. The van der Waals surface area contributed by atoms with Gasteiger partial charge in [-0.15, -0.1) is 0 Å². The van der Waals surface area contributed by atoms with Crippen LogP contribution in [0.5, 0.6) is 0 Å². The summed E-state index contributed by atoms with van der Waals surface area (Å²) in [4.78, 5) is 12.6. The molecule has 0 saturated carbocycles. The van der Waals surface area contributed by atoms with Crippen LogP contribution in [-0.2, 0) is 16.6 Å². The molecule has 0 spiro atoms. The van der Waals surface area contributed by atoms with Crippen LogP contribution in [0.25, 0.3) is 0 Å². The number of anilines is 1. The molecule has 0 aliphatic carbocycles. The van der Waals surface area contributed by atoms with Gasteiger partial charge in [0.05, 0.1) is 18.5 Å². The highest BCUT2D eigenvalue weighted by atomic mass is 32.2. The molecule has 0 aliphatic rings. The molecule has 0 bridgehead atoms. The zero-order valence-electron chi connectivity index (χ0n) is 19.7. The SMILES string of the molecule is CC(C)c1ccc(N(Cc2ccc(C(=O)NC[C@@H](C)c3ccccc3)cc2)S(C)(=O)=O)cc1. The van der Waals surface area contributed by atoms with Crippen LogP contribution in [-0.4, -0.2) is 27.1 Å². The van der Waals surface area contributed by atoms with Crippen LogP contribution in [0.1, 0.15) is 59.7 Å². The quantitative estimate of drug-likeness (QED) is 0.467. The third-order valence-corrected chi connectivity index (χ3v) is 6.87. The van der Waals surface area contributed by atoms with E-state index in [9.17, 15) is 13.2 Å². The summed E-state index contributed by atoms with van der Waals surface area (Å²) in [6.45, 7) is 7.02. The predicted octanol–water partition coefficient (Wildman–Crippen LogP) is 5.31. The fourth-order valence-corrected chi connectivity index (χ4v) is 4.49. The Bertz CT molecular complexity index is 1160. The van der Waals surface area contributed by atoms with Crippen LogP contribution < -0.4 is 9.62 Å². The number of benzene rings is 3. The highest BCUT2D eigenvalue weighted by Gasteiger charge is 2.18. The molecule has 6 heteroatoms. The lowest BCUT2D eigenvalue weighted by molar-refractivity contribution is 0.0951. The van der Waals surface area contributed by atoms with E-state index in [1.807, 2.05) is 42.5 Å². The normalized spacial score (nSPS) is 12.4. The van der Waals surface area contributed by atoms with Crippen molar-refractivity contribution in [2.24, 2.45) is 0 Å². The Morgan fingerprint density at radius 1 is 0.848 bits per heavy atom. The van der Waals surface area contributed by atoms with Crippen molar-refractivity contribution in [1.29, 1.82) is 0 Å². The van der Waals surface area contributed by atoms with Crippen LogP contribution in [0.3, 0.4) is 0 Å². The molecule has 1 atom stereocenters. The molecule has 0 aromatic heterocycles. The van der Waals surface area contributed by atoms with Crippen molar-refractivity contribution < 1.29 is 13.2 Å². The van der Waals surface area contributed by atoms with Crippen LogP contribution in [0.4, 0.5) is 5.69 Å². The van der Waals surface area contributed by atoms with Gasteiger partial charge in [-0.25, -0.2) is 8.42 Å². The minimum atomic E-state index is -3.47. The van der Waals surface area contributed by atoms with Gasteiger partial charge in [-0.1, -0.05) is 75.4 Å². The number of nitrogens with one attached hydrogen (secondary N) is 1. The lowest BCUT2D eigenvalue weighted by Gasteiger charge is -2.23. The molecule has 1 amide bonds. The minimum Gasteiger partial charge on any atom is -0.351 e. The molecule has 0 heterocycles. The first kappa shape index (κ1) is 24.5. The highest BCUT2D eigenvalue weighted by molar-refractivity contribution is 7.92. The second-order valence-electron chi connectivity index (χ2n) is 8.73. The molecule has 0 saturated heterocycles. The van der Waals surface area contributed by atoms with E-state index in [4.69, 9.17) is 0 Å². The lowest BCUT2D eigenvalue weighted by Crippen LogP contribution is -2.29. The topological polar surface area (TPSA) is 66.5 Å². The molecular weight excluding hydrogens is 432 g/mol. The standard InChI is InChI=1S/C27H32N2O3S/c1-20(2)23-14-16-26(17-15-23)29(33(4,31)32)19-22-10-12-25(13-11-22)27(30)28-18-21(3)24-8-6-5-7-9-24/h5-17,20-21H,18-19H2,1-4H3,(H,28,30)/t21-/m1/s1. The van der Waals surface area contributed by atoms with E-state index in [0.29, 0.717) is 23.7 Å². The third kappa shape index (κ3) is 6.68. The second kappa shape index (κ2) is 10.7. The maximum atomic E-state index is 12.6. The van der Waals surface area contributed by atoms with Crippen LogP contribution >= 0.6 is 0 Å². The van der Waals surface area contributed by atoms with Gasteiger partial charge in [0.1, 0.15) is 0 Å². The highest BCUT2D eigenvalue weighted by Crippen LogP contribution is 2.24. The van der Waals surface area contributed by atoms with E-state index in [1.54, 1.807) is 24.3 Å². The Morgan fingerprint density at radius 3 is 2.00 bits per heavy atom. The van der Waals surface area contributed by atoms with Gasteiger partial charge in [0.25, 0.3) is 5.91 Å². The molecule has 0 aliphatic heterocycles. The molecule has 3 rings (SSSR count).